The van der Waals surface area contributed by atoms with E-state index in [-0.39, 0.29) is 0 Å². The van der Waals surface area contributed by atoms with Gasteiger partial charge in [-0.05, 0) is 43.2 Å². The van der Waals surface area contributed by atoms with Gasteiger partial charge in [0.15, 0.2) is 0 Å². The molecule has 0 amide bonds. The normalized spacial score (nSPS) is 17.6. The number of rotatable bonds is 6. The molecule has 1 aliphatic heterocycles. The Morgan fingerprint density at radius 2 is 1.91 bits per heavy atom. The highest BCUT2D eigenvalue weighted by molar-refractivity contribution is 5.86. The van der Waals surface area contributed by atoms with Gasteiger partial charge in [0.2, 0.25) is 0 Å². The third-order valence-corrected chi connectivity index (χ3v) is 6.70. The predicted molar refractivity (Wildman–Crippen MR) is 125 cm³/mol. The van der Waals surface area contributed by atoms with E-state index in [1.54, 1.807) is 6.20 Å². The maximum absolute atomic E-state index is 11.3. The van der Waals surface area contributed by atoms with Crippen molar-refractivity contribution in [3.63, 3.8) is 0 Å². The molecule has 1 saturated heterocycles. The lowest BCUT2D eigenvalue weighted by molar-refractivity contribution is -0.0819. The van der Waals surface area contributed by atoms with Crippen LogP contribution in [0, 0.1) is 0 Å². The second kappa shape index (κ2) is 8.54. The van der Waals surface area contributed by atoms with E-state index in [0.717, 1.165) is 33.1 Å². The molecule has 1 atom stereocenters. The molecule has 32 heavy (non-hydrogen) atoms. The molecular formula is C26H29N3O3. The van der Waals surface area contributed by atoms with Crippen molar-refractivity contribution >= 4 is 21.8 Å². The van der Waals surface area contributed by atoms with E-state index in [9.17, 15) is 10.2 Å². The third kappa shape index (κ3) is 3.97. The minimum atomic E-state index is -0.910. The first-order valence-corrected chi connectivity index (χ1v) is 11.2. The van der Waals surface area contributed by atoms with Crippen LogP contribution in [0.4, 0.5) is 0 Å². The molecule has 6 nitrogen and oxygen atoms in total. The fraction of sp³-hybridized carbons (Fsp3) is 0.346. The lowest BCUT2D eigenvalue weighted by Gasteiger charge is -2.40. The number of hydrogen-bond donors (Lipinski definition) is 2. The van der Waals surface area contributed by atoms with Crippen LogP contribution in [0.2, 0.25) is 0 Å². The van der Waals surface area contributed by atoms with Crippen molar-refractivity contribution in [1.29, 1.82) is 0 Å². The molecule has 0 bridgehead atoms. The number of hydrogen-bond acceptors (Lipinski definition) is 5. The minimum absolute atomic E-state index is 0.435. The van der Waals surface area contributed by atoms with E-state index in [1.807, 2.05) is 66.7 Å². The molecule has 1 aliphatic rings. The number of likely N-dealkylation sites (tertiary alicyclic amines) is 1. The highest BCUT2D eigenvalue weighted by Gasteiger charge is 2.36. The lowest BCUT2D eigenvalue weighted by atomic mass is 9.84. The Morgan fingerprint density at radius 1 is 1.09 bits per heavy atom. The second-order valence-corrected chi connectivity index (χ2v) is 8.72. The van der Waals surface area contributed by atoms with Gasteiger partial charge in [0, 0.05) is 55.3 Å². The average Bonchev–Trinajstić information content (AvgIpc) is 3.21. The maximum atomic E-state index is 11.3. The molecule has 3 heterocycles. The van der Waals surface area contributed by atoms with Crippen molar-refractivity contribution in [3.05, 3.63) is 72.6 Å². The molecule has 6 heteroatoms. The number of aliphatic hydroxyl groups excluding tert-OH is 1. The van der Waals surface area contributed by atoms with Gasteiger partial charge in [-0.2, -0.15) is 0 Å². The second-order valence-electron chi connectivity index (χ2n) is 8.72. The maximum Gasteiger partial charge on any atom is 0.128 e. The van der Waals surface area contributed by atoms with Gasteiger partial charge in [0.1, 0.15) is 12.0 Å². The van der Waals surface area contributed by atoms with Gasteiger partial charge in [-0.15, -0.1) is 0 Å². The minimum Gasteiger partial charge on any atom is -0.493 e. The van der Waals surface area contributed by atoms with E-state index >= 15 is 0 Å². The van der Waals surface area contributed by atoms with Crippen LogP contribution >= 0.6 is 0 Å². The van der Waals surface area contributed by atoms with E-state index in [4.69, 9.17) is 4.74 Å². The van der Waals surface area contributed by atoms with Gasteiger partial charge in [0.05, 0.1) is 23.2 Å². The zero-order chi connectivity index (χ0) is 22.1. The molecular weight excluding hydrogens is 402 g/mol. The van der Waals surface area contributed by atoms with E-state index in [0.29, 0.717) is 39.0 Å². The summed E-state index contributed by atoms with van der Waals surface area (Å²) in [5.41, 5.74) is 2.00. The van der Waals surface area contributed by atoms with Gasteiger partial charge in [-0.25, -0.2) is 0 Å². The van der Waals surface area contributed by atoms with Gasteiger partial charge in [0.25, 0.3) is 0 Å². The average molecular weight is 432 g/mol. The zero-order valence-corrected chi connectivity index (χ0v) is 18.3. The Hall–Kier alpha value is -2.93. The monoisotopic (exact) mass is 431 g/mol. The molecule has 2 aromatic heterocycles. The summed E-state index contributed by atoms with van der Waals surface area (Å²) >= 11 is 0. The molecule has 0 aliphatic carbocycles. The first-order chi connectivity index (χ1) is 15.5. The van der Waals surface area contributed by atoms with Gasteiger partial charge in [-0.3, -0.25) is 9.88 Å². The number of benzene rings is 2. The quantitative estimate of drug-likeness (QED) is 0.486. The van der Waals surface area contributed by atoms with Crippen LogP contribution in [0.1, 0.15) is 24.8 Å². The van der Waals surface area contributed by atoms with Crippen LogP contribution < -0.4 is 4.74 Å². The first-order valence-electron chi connectivity index (χ1n) is 11.2. The number of aryl methyl sites for hydroxylation is 1. The molecule has 166 valence electrons. The number of para-hydroxylation sites is 1. The van der Waals surface area contributed by atoms with Gasteiger partial charge < -0.3 is 19.5 Å². The Labute approximate surface area is 187 Å². The molecule has 5 rings (SSSR count). The van der Waals surface area contributed by atoms with Crippen LogP contribution in [0.15, 0.2) is 67.0 Å². The third-order valence-electron chi connectivity index (χ3n) is 6.70. The van der Waals surface area contributed by atoms with Crippen molar-refractivity contribution in [2.75, 3.05) is 19.7 Å². The van der Waals surface area contributed by atoms with Crippen LogP contribution in [0.5, 0.6) is 5.75 Å². The largest absolute Gasteiger partial charge is 0.493 e. The molecule has 1 fully saturated rings. The molecule has 0 spiro atoms. The number of aliphatic hydroxyl groups is 2. The van der Waals surface area contributed by atoms with Crippen molar-refractivity contribution in [2.24, 2.45) is 7.05 Å². The van der Waals surface area contributed by atoms with Crippen molar-refractivity contribution in [1.82, 2.24) is 14.5 Å². The Kier molecular flexibility index (Phi) is 5.59. The highest BCUT2D eigenvalue weighted by atomic mass is 16.5. The van der Waals surface area contributed by atoms with E-state index in [2.05, 4.69) is 15.6 Å². The topological polar surface area (TPSA) is 70.8 Å². The number of fused-ring (bicyclic) bond motifs is 2. The van der Waals surface area contributed by atoms with Crippen molar-refractivity contribution < 1.29 is 14.9 Å². The summed E-state index contributed by atoms with van der Waals surface area (Å²) in [5.74, 6) is 0.840. The summed E-state index contributed by atoms with van der Waals surface area (Å²) in [6, 6.07) is 18.0. The van der Waals surface area contributed by atoms with Crippen LogP contribution in [0.25, 0.3) is 21.8 Å². The number of aromatic nitrogens is 2. The van der Waals surface area contributed by atoms with Crippen LogP contribution in [-0.2, 0) is 12.6 Å². The Bertz CT molecular complexity index is 1230. The summed E-state index contributed by atoms with van der Waals surface area (Å²) in [7, 11) is 2.02. The summed E-state index contributed by atoms with van der Waals surface area (Å²) < 4.78 is 8.05. The van der Waals surface area contributed by atoms with Crippen LogP contribution in [0.3, 0.4) is 0 Å². The van der Waals surface area contributed by atoms with Crippen molar-refractivity contribution in [2.45, 2.75) is 31.1 Å². The van der Waals surface area contributed by atoms with E-state index in [1.165, 1.54) is 0 Å². The molecule has 0 unspecified atom stereocenters. The number of piperidine rings is 1. The summed E-state index contributed by atoms with van der Waals surface area (Å²) in [6.45, 7) is 1.68. The summed E-state index contributed by atoms with van der Waals surface area (Å²) in [5, 5.41) is 24.1. The van der Waals surface area contributed by atoms with E-state index < -0.39 is 11.8 Å². The lowest BCUT2D eigenvalue weighted by Crippen LogP contribution is -2.47. The first kappa shape index (κ1) is 20.9. The van der Waals surface area contributed by atoms with Gasteiger partial charge >= 0.3 is 0 Å². The van der Waals surface area contributed by atoms with Crippen molar-refractivity contribution in [3.8, 4) is 5.75 Å². The summed E-state index contributed by atoms with van der Waals surface area (Å²) in [4.78, 5) is 6.53. The Morgan fingerprint density at radius 3 is 2.75 bits per heavy atom. The molecule has 2 aromatic carbocycles. The Balaban J connectivity index is 1.17. The fourth-order valence-electron chi connectivity index (χ4n) is 4.66. The SMILES string of the molecule is Cn1ccc2c(OCC[C@H](O)N3CCC(O)(c4cnc5ccccc5c4)CC3)cccc21. The predicted octanol–water partition coefficient (Wildman–Crippen LogP) is 3.80. The van der Waals surface area contributed by atoms with Gasteiger partial charge in [-0.1, -0.05) is 24.3 Å². The number of ether oxygens (including phenoxy) is 1. The molecule has 0 saturated carbocycles. The zero-order valence-electron chi connectivity index (χ0n) is 18.3. The highest BCUT2D eigenvalue weighted by Crippen LogP contribution is 2.34. The molecule has 4 aromatic rings. The summed E-state index contributed by atoms with van der Waals surface area (Å²) in [6.07, 6.45) is 4.85. The van der Waals surface area contributed by atoms with Crippen LogP contribution in [-0.4, -0.2) is 50.6 Å². The molecule has 0 radical (unpaired) electrons. The fourth-order valence-corrected chi connectivity index (χ4v) is 4.66. The standard InChI is InChI=1S/C26H29N3O3/c1-28-13-9-21-23(28)7-4-8-24(21)32-16-10-25(30)29-14-11-26(31,12-15-29)20-17-19-5-2-3-6-22(19)27-18-20/h2-9,13,17-18,25,30-31H,10-12,14-16H2,1H3/t25-/m0/s1. The molecule has 2 N–H and O–H groups in total. The number of pyridine rings is 1. The number of nitrogens with zero attached hydrogens (tertiary/aromatic N) is 3. The smallest absolute Gasteiger partial charge is 0.128 e.